The molecule has 4 aromatic rings. The number of hydrogen-bond acceptors (Lipinski definition) is 4. The Morgan fingerprint density at radius 3 is 2.42 bits per heavy atom. The van der Waals surface area contributed by atoms with E-state index < -0.39 is 0 Å². The van der Waals surface area contributed by atoms with Crippen LogP contribution in [0.1, 0.15) is 18.3 Å². The highest BCUT2D eigenvalue weighted by Crippen LogP contribution is 2.17. The van der Waals surface area contributed by atoms with E-state index in [1.54, 1.807) is 0 Å². The molecule has 33 heavy (non-hydrogen) atoms. The van der Waals surface area contributed by atoms with Gasteiger partial charge in [-0.15, -0.1) is 0 Å². The number of fused-ring (bicyclic) bond motifs is 1. The van der Waals surface area contributed by atoms with E-state index in [2.05, 4.69) is 35.0 Å². The number of para-hydroxylation sites is 3. The molecule has 1 amide bonds. The Hall–Kier alpha value is -3.80. The van der Waals surface area contributed by atoms with E-state index in [1.807, 2.05) is 60.7 Å². The smallest absolute Gasteiger partial charge is 0.257 e. The van der Waals surface area contributed by atoms with Crippen LogP contribution in [0.3, 0.4) is 0 Å². The second-order valence-corrected chi connectivity index (χ2v) is 7.72. The van der Waals surface area contributed by atoms with E-state index in [-0.39, 0.29) is 12.5 Å². The van der Waals surface area contributed by atoms with Crippen LogP contribution in [0, 0.1) is 0 Å². The van der Waals surface area contributed by atoms with Crippen LogP contribution in [-0.2, 0) is 24.2 Å². The summed E-state index contributed by atoms with van der Waals surface area (Å²) < 4.78 is 13.6. The van der Waals surface area contributed by atoms with Gasteiger partial charge in [-0.2, -0.15) is 0 Å². The molecule has 6 nitrogen and oxygen atoms in total. The van der Waals surface area contributed by atoms with Crippen molar-refractivity contribution in [2.24, 2.45) is 0 Å². The molecule has 170 valence electrons. The van der Waals surface area contributed by atoms with Crippen LogP contribution < -0.4 is 14.8 Å². The first-order chi connectivity index (χ1) is 16.2. The molecule has 0 fully saturated rings. The summed E-state index contributed by atoms with van der Waals surface area (Å²) in [5.74, 6) is 2.31. The van der Waals surface area contributed by atoms with Gasteiger partial charge in [-0.05, 0) is 48.4 Å². The van der Waals surface area contributed by atoms with Gasteiger partial charge in [-0.25, -0.2) is 4.98 Å². The standard InChI is InChI=1S/C27H29N3O3/c1-2-21-12-14-23(15-13-21)32-19-18-30-25-11-7-6-10-24(25)29-26(30)16-17-28-27(31)20-33-22-8-4-3-5-9-22/h3-15H,2,16-20H2,1H3,(H,28,31). The van der Waals surface area contributed by atoms with Gasteiger partial charge in [0.1, 0.15) is 23.9 Å². The number of nitrogens with zero attached hydrogens (tertiary/aromatic N) is 2. The fourth-order valence-electron chi connectivity index (χ4n) is 3.67. The molecule has 6 heteroatoms. The summed E-state index contributed by atoms with van der Waals surface area (Å²) in [6, 6.07) is 25.6. The Balaban J connectivity index is 1.32. The zero-order valence-electron chi connectivity index (χ0n) is 18.9. The van der Waals surface area contributed by atoms with E-state index in [1.165, 1.54) is 5.56 Å². The molecule has 0 bridgehead atoms. The van der Waals surface area contributed by atoms with E-state index in [0.717, 1.165) is 29.0 Å². The van der Waals surface area contributed by atoms with Crippen molar-refractivity contribution >= 4 is 16.9 Å². The van der Waals surface area contributed by atoms with Crippen molar-refractivity contribution in [1.82, 2.24) is 14.9 Å². The Kier molecular flexibility index (Phi) is 7.59. The average molecular weight is 444 g/mol. The number of carbonyl (C=O) groups excluding carboxylic acids is 1. The number of carbonyl (C=O) groups is 1. The summed E-state index contributed by atoms with van der Waals surface area (Å²) in [5.41, 5.74) is 3.30. The van der Waals surface area contributed by atoms with E-state index in [0.29, 0.717) is 31.9 Å². The van der Waals surface area contributed by atoms with Crippen molar-refractivity contribution in [1.29, 1.82) is 0 Å². The van der Waals surface area contributed by atoms with Crippen molar-refractivity contribution in [3.8, 4) is 11.5 Å². The molecular formula is C27H29N3O3. The molecule has 0 aliphatic rings. The van der Waals surface area contributed by atoms with Crippen molar-refractivity contribution < 1.29 is 14.3 Å². The van der Waals surface area contributed by atoms with Crippen LogP contribution in [0.4, 0.5) is 0 Å². The Morgan fingerprint density at radius 1 is 0.909 bits per heavy atom. The summed E-state index contributed by atoms with van der Waals surface area (Å²) in [4.78, 5) is 16.9. The highest BCUT2D eigenvalue weighted by atomic mass is 16.5. The molecule has 0 aliphatic carbocycles. The lowest BCUT2D eigenvalue weighted by atomic mass is 10.2. The second kappa shape index (κ2) is 11.2. The summed E-state index contributed by atoms with van der Waals surface area (Å²) >= 11 is 0. The molecular weight excluding hydrogens is 414 g/mol. The number of rotatable bonds is 11. The third-order valence-corrected chi connectivity index (χ3v) is 5.43. The maximum absolute atomic E-state index is 12.2. The molecule has 1 heterocycles. The molecule has 1 N–H and O–H groups in total. The number of hydrogen-bond donors (Lipinski definition) is 1. The first-order valence-corrected chi connectivity index (χ1v) is 11.3. The SMILES string of the molecule is CCc1ccc(OCCn2c(CCNC(=O)COc3ccccc3)nc3ccccc32)cc1. The highest BCUT2D eigenvalue weighted by Gasteiger charge is 2.11. The monoisotopic (exact) mass is 443 g/mol. The molecule has 4 rings (SSSR count). The van der Waals surface area contributed by atoms with Crippen LogP contribution in [0.25, 0.3) is 11.0 Å². The molecule has 0 aliphatic heterocycles. The number of imidazole rings is 1. The zero-order valence-corrected chi connectivity index (χ0v) is 18.9. The maximum Gasteiger partial charge on any atom is 0.257 e. The predicted octanol–water partition coefficient (Wildman–Crippen LogP) is 4.42. The fraction of sp³-hybridized carbons (Fsp3) is 0.259. The number of nitrogens with one attached hydrogen (secondary N) is 1. The lowest BCUT2D eigenvalue weighted by Gasteiger charge is -2.12. The van der Waals surface area contributed by atoms with Crippen LogP contribution in [0.2, 0.25) is 0 Å². The van der Waals surface area contributed by atoms with Crippen molar-refractivity contribution in [3.05, 3.63) is 90.3 Å². The minimum atomic E-state index is -0.152. The molecule has 0 radical (unpaired) electrons. The van der Waals surface area contributed by atoms with Gasteiger partial charge in [0.2, 0.25) is 0 Å². The molecule has 1 aromatic heterocycles. The predicted molar refractivity (Wildman–Crippen MR) is 130 cm³/mol. The first-order valence-electron chi connectivity index (χ1n) is 11.3. The topological polar surface area (TPSA) is 65.4 Å². The number of ether oxygens (including phenoxy) is 2. The summed E-state index contributed by atoms with van der Waals surface area (Å²) in [6.07, 6.45) is 1.64. The van der Waals surface area contributed by atoms with Crippen molar-refractivity contribution in [2.45, 2.75) is 26.3 Å². The average Bonchev–Trinajstić information content (AvgIpc) is 3.21. The largest absolute Gasteiger partial charge is 0.492 e. The van der Waals surface area contributed by atoms with Gasteiger partial charge in [0.15, 0.2) is 6.61 Å². The van der Waals surface area contributed by atoms with Gasteiger partial charge < -0.3 is 19.4 Å². The molecule has 0 saturated carbocycles. The minimum absolute atomic E-state index is 0.00884. The fourth-order valence-corrected chi connectivity index (χ4v) is 3.67. The van der Waals surface area contributed by atoms with Gasteiger partial charge in [0, 0.05) is 13.0 Å². The highest BCUT2D eigenvalue weighted by molar-refractivity contribution is 5.77. The maximum atomic E-state index is 12.2. The normalized spacial score (nSPS) is 10.8. The molecule has 0 spiro atoms. The van der Waals surface area contributed by atoms with Crippen molar-refractivity contribution in [3.63, 3.8) is 0 Å². The Labute approximate surface area is 194 Å². The second-order valence-electron chi connectivity index (χ2n) is 7.72. The summed E-state index contributed by atoms with van der Waals surface area (Å²) in [5, 5.41) is 2.92. The van der Waals surface area contributed by atoms with E-state index >= 15 is 0 Å². The van der Waals surface area contributed by atoms with Crippen LogP contribution in [-0.4, -0.2) is 35.2 Å². The number of amides is 1. The zero-order chi connectivity index (χ0) is 22.9. The lowest BCUT2D eigenvalue weighted by Crippen LogP contribution is -2.31. The summed E-state index contributed by atoms with van der Waals surface area (Å²) in [7, 11) is 0. The van der Waals surface area contributed by atoms with Gasteiger partial charge in [-0.3, -0.25) is 4.79 Å². The lowest BCUT2D eigenvalue weighted by molar-refractivity contribution is -0.123. The minimum Gasteiger partial charge on any atom is -0.492 e. The number of benzene rings is 3. The van der Waals surface area contributed by atoms with Gasteiger partial charge >= 0.3 is 0 Å². The number of aromatic nitrogens is 2. The van der Waals surface area contributed by atoms with E-state index in [4.69, 9.17) is 14.5 Å². The van der Waals surface area contributed by atoms with E-state index in [9.17, 15) is 4.79 Å². The molecule has 0 unspecified atom stereocenters. The van der Waals surface area contributed by atoms with Crippen LogP contribution >= 0.6 is 0 Å². The first kappa shape index (κ1) is 22.4. The van der Waals surface area contributed by atoms with Crippen molar-refractivity contribution in [2.75, 3.05) is 19.8 Å². The molecule has 0 atom stereocenters. The third kappa shape index (κ3) is 6.13. The third-order valence-electron chi connectivity index (χ3n) is 5.43. The molecule has 3 aromatic carbocycles. The van der Waals surface area contributed by atoms with Crippen LogP contribution in [0.15, 0.2) is 78.9 Å². The van der Waals surface area contributed by atoms with Crippen LogP contribution in [0.5, 0.6) is 11.5 Å². The summed E-state index contributed by atoms with van der Waals surface area (Å²) in [6.45, 7) is 3.83. The Bertz CT molecular complexity index is 1170. The van der Waals surface area contributed by atoms with Gasteiger partial charge in [0.05, 0.1) is 17.6 Å². The Morgan fingerprint density at radius 2 is 1.64 bits per heavy atom. The van der Waals surface area contributed by atoms with Gasteiger partial charge in [0.25, 0.3) is 5.91 Å². The molecule has 0 saturated heterocycles. The van der Waals surface area contributed by atoms with Gasteiger partial charge in [-0.1, -0.05) is 49.4 Å². The quantitative estimate of drug-likeness (QED) is 0.373. The number of aryl methyl sites for hydroxylation is 1.